The summed E-state index contributed by atoms with van der Waals surface area (Å²) in [6.45, 7) is 6.10. The molecule has 0 saturated heterocycles. The van der Waals surface area contributed by atoms with Crippen LogP contribution in [0.15, 0.2) is 24.3 Å². The molecule has 0 amide bonds. The lowest BCUT2D eigenvalue weighted by Crippen LogP contribution is -2.32. The van der Waals surface area contributed by atoms with Gasteiger partial charge in [-0.3, -0.25) is 0 Å². The Bertz CT molecular complexity index is 486. The summed E-state index contributed by atoms with van der Waals surface area (Å²) in [5.74, 6) is 0.735. The van der Waals surface area contributed by atoms with Crippen molar-refractivity contribution in [1.29, 1.82) is 0 Å². The summed E-state index contributed by atoms with van der Waals surface area (Å²) in [6.07, 6.45) is 0. The van der Waals surface area contributed by atoms with Gasteiger partial charge in [-0.05, 0) is 45.5 Å². The number of sulfone groups is 1. The zero-order chi connectivity index (χ0) is 14.5. The van der Waals surface area contributed by atoms with E-state index in [9.17, 15) is 8.42 Å². The van der Waals surface area contributed by atoms with Crippen LogP contribution in [0.5, 0.6) is 5.75 Å². The normalized spacial score (nSPS) is 12.4. The third kappa shape index (κ3) is 4.84. The minimum atomic E-state index is -3.12. The molecule has 1 N–H and O–H groups in total. The SMILES string of the molecule is CNCc1ccc(OCCS(=O)(=O)C(C)(C)C)cc1. The standard InChI is InChI=1S/C14H23NO3S/c1-14(2,3)19(16,17)10-9-18-13-7-5-12(6-8-13)11-15-4/h5-8,15H,9-11H2,1-4H3. The van der Waals surface area contributed by atoms with Crippen molar-refractivity contribution in [3.05, 3.63) is 29.8 Å². The first-order valence-electron chi connectivity index (χ1n) is 6.35. The predicted molar refractivity (Wildman–Crippen MR) is 78.2 cm³/mol. The molecule has 0 fully saturated rings. The monoisotopic (exact) mass is 285 g/mol. The molecule has 5 heteroatoms. The van der Waals surface area contributed by atoms with Gasteiger partial charge in [-0.2, -0.15) is 0 Å². The molecular formula is C14H23NO3S. The van der Waals surface area contributed by atoms with E-state index in [0.29, 0.717) is 5.75 Å². The molecule has 1 rings (SSSR count). The van der Waals surface area contributed by atoms with Crippen molar-refractivity contribution < 1.29 is 13.2 Å². The van der Waals surface area contributed by atoms with Crippen molar-refractivity contribution in [3.8, 4) is 5.75 Å². The fraction of sp³-hybridized carbons (Fsp3) is 0.571. The molecule has 0 aromatic heterocycles. The van der Waals surface area contributed by atoms with E-state index < -0.39 is 14.6 Å². The van der Waals surface area contributed by atoms with E-state index in [4.69, 9.17) is 4.74 Å². The second-order valence-electron chi connectivity index (χ2n) is 5.45. The average Bonchev–Trinajstić information content (AvgIpc) is 2.30. The van der Waals surface area contributed by atoms with Crippen LogP contribution in [-0.2, 0) is 16.4 Å². The highest BCUT2D eigenvalue weighted by molar-refractivity contribution is 7.92. The van der Waals surface area contributed by atoms with Crippen LogP contribution in [0.2, 0.25) is 0 Å². The lowest BCUT2D eigenvalue weighted by molar-refractivity contribution is 0.339. The maximum atomic E-state index is 11.9. The second-order valence-corrected chi connectivity index (χ2v) is 8.32. The van der Waals surface area contributed by atoms with Gasteiger partial charge in [0.25, 0.3) is 0 Å². The Hall–Kier alpha value is -1.07. The minimum absolute atomic E-state index is 0.0365. The molecule has 0 aliphatic heterocycles. The third-order valence-corrected chi connectivity index (χ3v) is 5.43. The molecule has 0 atom stereocenters. The maximum absolute atomic E-state index is 11.9. The van der Waals surface area contributed by atoms with E-state index >= 15 is 0 Å². The van der Waals surface area contributed by atoms with E-state index in [1.807, 2.05) is 31.3 Å². The number of hydrogen-bond donors (Lipinski definition) is 1. The van der Waals surface area contributed by atoms with Crippen LogP contribution in [-0.4, -0.2) is 32.6 Å². The van der Waals surface area contributed by atoms with E-state index in [2.05, 4.69) is 5.32 Å². The first-order valence-corrected chi connectivity index (χ1v) is 8.00. The molecule has 0 radical (unpaired) electrons. The molecule has 0 unspecified atom stereocenters. The summed E-state index contributed by atoms with van der Waals surface area (Å²) in [5, 5.41) is 3.06. The summed E-state index contributed by atoms with van der Waals surface area (Å²) in [5.41, 5.74) is 1.16. The summed E-state index contributed by atoms with van der Waals surface area (Å²) in [4.78, 5) is 0. The van der Waals surface area contributed by atoms with Crippen molar-refractivity contribution in [1.82, 2.24) is 5.32 Å². The van der Waals surface area contributed by atoms with Crippen LogP contribution in [0.4, 0.5) is 0 Å². The number of hydrogen-bond acceptors (Lipinski definition) is 4. The highest BCUT2D eigenvalue weighted by atomic mass is 32.2. The topological polar surface area (TPSA) is 55.4 Å². The Kier molecular flexibility index (Phi) is 5.38. The van der Waals surface area contributed by atoms with E-state index in [1.165, 1.54) is 0 Å². The van der Waals surface area contributed by atoms with Gasteiger partial charge in [0, 0.05) is 6.54 Å². The van der Waals surface area contributed by atoms with Gasteiger partial charge >= 0.3 is 0 Å². The Morgan fingerprint density at radius 2 is 1.74 bits per heavy atom. The first kappa shape index (κ1) is 16.0. The first-order chi connectivity index (χ1) is 8.76. The van der Waals surface area contributed by atoms with E-state index in [0.717, 1.165) is 12.1 Å². The average molecular weight is 285 g/mol. The molecule has 4 nitrogen and oxygen atoms in total. The van der Waals surface area contributed by atoms with Crippen LogP contribution >= 0.6 is 0 Å². The smallest absolute Gasteiger partial charge is 0.158 e. The summed E-state index contributed by atoms with van der Waals surface area (Å²) in [6, 6.07) is 7.64. The second kappa shape index (κ2) is 6.39. The predicted octanol–water partition coefficient (Wildman–Crippen LogP) is 2.00. The highest BCUT2D eigenvalue weighted by Gasteiger charge is 2.28. The largest absolute Gasteiger partial charge is 0.493 e. The van der Waals surface area contributed by atoms with Gasteiger partial charge in [0.05, 0.1) is 10.5 Å². The summed E-state index contributed by atoms with van der Waals surface area (Å²) in [7, 11) is -1.23. The highest BCUT2D eigenvalue weighted by Crippen LogP contribution is 2.17. The Balaban J connectivity index is 2.50. The maximum Gasteiger partial charge on any atom is 0.158 e. The number of benzene rings is 1. The van der Waals surface area contributed by atoms with Crippen LogP contribution in [0.25, 0.3) is 0 Å². The molecule has 0 spiro atoms. The van der Waals surface area contributed by atoms with Crippen LogP contribution in [0, 0.1) is 0 Å². The third-order valence-electron chi connectivity index (χ3n) is 2.86. The van der Waals surface area contributed by atoms with Gasteiger partial charge in [-0.25, -0.2) is 8.42 Å². The molecule has 0 saturated carbocycles. The fourth-order valence-electron chi connectivity index (χ4n) is 1.48. The number of ether oxygens (including phenoxy) is 1. The van der Waals surface area contributed by atoms with Gasteiger partial charge in [-0.15, -0.1) is 0 Å². The van der Waals surface area contributed by atoms with Crippen molar-refractivity contribution >= 4 is 9.84 Å². The summed E-state index contributed by atoms with van der Waals surface area (Å²) >= 11 is 0. The fourth-order valence-corrected chi connectivity index (χ4v) is 2.40. The zero-order valence-corrected chi connectivity index (χ0v) is 12.9. The Morgan fingerprint density at radius 3 is 2.21 bits per heavy atom. The van der Waals surface area contributed by atoms with Crippen LogP contribution in [0.1, 0.15) is 26.3 Å². The summed E-state index contributed by atoms with van der Waals surface area (Å²) < 4.78 is 28.5. The molecule has 1 aromatic carbocycles. The van der Waals surface area contributed by atoms with Crippen LogP contribution < -0.4 is 10.1 Å². The van der Waals surface area contributed by atoms with Crippen LogP contribution in [0.3, 0.4) is 0 Å². The number of rotatable bonds is 6. The van der Waals surface area contributed by atoms with Gasteiger partial charge in [0.1, 0.15) is 12.4 Å². The van der Waals surface area contributed by atoms with Gasteiger partial charge in [-0.1, -0.05) is 12.1 Å². The molecule has 0 bridgehead atoms. The lowest BCUT2D eigenvalue weighted by atomic mass is 10.2. The molecule has 19 heavy (non-hydrogen) atoms. The van der Waals surface area contributed by atoms with Crippen molar-refractivity contribution in [2.24, 2.45) is 0 Å². The van der Waals surface area contributed by atoms with Gasteiger partial charge in [0.2, 0.25) is 0 Å². The number of nitrogens with one attached hydrogen (secondary N) is 1. The molecule has 0 aliphatic rings. The lowest BCUT2D eigenvalue weighted by Gasteiger charge is -2.19. The molecule has 1 aromatic rings. The van der Waals surface area contributed by atoms with Crippen molar-refractivity contribution in [3.63, 3.8) is 0 Å². The van der Waals surface area contributed by atoms with E-state index in [1.54, 1.807) is 20.8 Å². The van der Waals surface area contributed by atoms with Gasteiger partial charge < -0.3 is 10.1 Å². The Labute approximate surface area is 116 Å². The van der Waals surface area contributed by atoms with Gasteiger partial charge in [0.15, 0.2) is 9.84 Å². The minimum Gasteiger partial charge on any atom is -0.493 e. The molecule has 0 heterocycles. The van der Waals surface area contributed by atoms with Crippen molar-refractivity contribution in [2.75, 3.05) is 19.4 Å². The Morgan fingerprint density at radius 1 is 1.16 bits per heavy atom. The molecular weight excluding hydrogens is 262 g/mol. The quantitative estimate of drug-likeness (QED) is 0.868. The van der Waals surface area contributed by atoms with E-state index in [-0.39, 0.29) is 12.4 Å². The molecule has 108 valence electrons. The van der Waals surface area contributed by atoms with Crippen molar-refractivity contribution in [2.45, 2.75) is 32.1 Å². The zero-order valence-electron chi connectivity index (χ0n) is 12.1. The molecule has 0 aliphatic carbocycles.